The van der Waals surface area contributed by atoms with Crippen molar-refractivity contribution in [2.75, 3.05) is 0 Å². The van der Waals surface area contributed by atoms with E-state index in [1.54, 1.807) is 0 Å². The quantitative estimate of drug-likeness (QED) is 0.797. The van der Waals surface area contributed by atoms with Crippen LogP contribution in [0.1, 0.15) is 31.2 Å². The number of hydrogen-bond donors (Lipinski definition) is 2. The molecule has 0 saturated heterocycles. The molecule has 2 aromatic rings. The molecule has 0 atom stereocenters. The number of carboxylic acid groups (broad SMARTS) is 1. The highest BCUT2D eigenvalue weighted by Gasteiger charge is 2.04. The van der Waals surface area contributed by atoms with Crippen LogP contribution in [-0.4, -0.2) is 21.0 Å². The molecule has 0 spiro atoms. The summed E-state index contributed by atoms with van der Waals surface area (Å²) in [6.45, 7) is 4.26. The summed E-state index contributed by atoms with van der Waals surface area (Å²) in [5, 5.41) is 8.54. The number of aromatic amines is 1. The van der Waals surface area contributed by atoms with E-state index in [4.69, 9.17) is 5.11 Å². The predicted molar refractivity (Wildman–Crippen MR) is 66.9 cm³/mol. The summed E-state index contributed by atoms with van der Waals surface area (Å²) < 4.78 is 0. The van der Waals surface area contributed by atoms with Gasteiger partial charge in [-0.3, -0.25) is 0 Å². The molecule has 0 saturated carbocycles. The van der Waals surface area contributed by atoms with E-state index in [2.05, 4.69) is 23.8 Å². The monoisotopic (exact) mass is 230 g/mol. The molecule has 2 N–H and O–H groups in total. The molecule has 0 radical (unpaired) electrons. The summed E-state index contributed by atoms with van der Waals surface area (Å²) in [6.07, 6.45) is 2.53. The number of hydrogen-bond acceptors (Lipinski definition) is 2. The Morgan fingerprint density at radius 1 is 1.47 bits per heavy atom. The molecular formula is C13H14N2O2. The van der Waals surface area contributed by atoms with Crippen molar-refractivity contribution < 1.29 is 9.90 Å². The van der Waals surface area contributed by atoms with Crippen molar-refractivity contribution in [3.8, 4) is 0 Å². The first-order valence-electron chi connectivity index (χ1n) is 5.47. The van der Waals surface area contributed by atoms with E-state index in [0.29, 0.717) is 11.7 Å². The maximum Gasteiger partial charge on any atom is 0.328 e. The van der Waals surface area contributed by atoms with Crippen molar-refractivity contribution >= 4 is 23.1 Å². The maximum atomic E-state index is 10.4. The molecule has 88 valence electrons. The van der Waals surface area contributed by atoms with E-state index in [1.807, 2.05) is 18.2 Å². The highest BCUT2D eigenvalue weighted by Crippen LogP contribution is 2.20. The maximum absolute atomic E-state index is 10.4. The third kappa shape index (κ3) is 2.53. The Bertz CT molecular complexity index is 582. The fourth-order valence-corrected chi connectivity index (χ4v) is 1.64. The van der Waals surface area contributed by atoms with Gasteiger partial charge in [-0.05, 0) is 29.7 Å². The van der Waals surface area contributed by atoms with Gasteiger partial charge in [0.05, 0.1) is 11.0 Å². The lowest BCUT2D eigenvalue weighted by Gasteiger charge is -2.03. The number of imidazole rings is 1. The summed E-state index contributed by atoms with van der Waals surface area (Å²) in [5.41, 5.74) is 3.01. The number of H-pyrrole nitrogens is 1. The fourth-order valence-electron chi connectivity index (χ4n) is 1.64. The van der Waals surface area contributed by atoms with E-state index < -0.39 is 5.97 Å². The zero-order chi connectivity index (χ0) is 12.4. The molecule has 0 fully saturated rings. The lowest BCUT2D eigenvalue weighted by molar-refractivity contribution is -0.131. The molecule has 0 unspecified atom stereocenters. The Hall–Kier alpha value is -2.10. The van der Waals surface area contributed by atoms with E-state index in [0.717, 1.165) is 17.1 Å². The van der Waals surface area contributed by atoms with Crippen molar-refractivity contribution in [1.82, 2.24) is 9.97 Å². The smallest absolute Gasteiger partial charge is 0.328 e. The second-order valence-corrected chi connectivity index (χ2v) is 4.22. The average molecular weight is 230 g/mol. The van der Waals surface area contributed by atoms with Crippen LogP contribution < -0.4 is 0 Å². The summed E-state index contributed by atoms with van der Waals surface area (Å²) in [4.78, 5) is 17.8. The van der Waals surface area contributed by atoms with Crippen molar-refractivity contribution in [2.45, 2.75) is 19.8 Å². The highest BCUT2D eigenvalue weighted by molar-refractivity contribution is 5.86. The van der Waals surface area contributed by atoms with Crippen LogP contribution in [0.2, 0.25) is 0 Å². The van der Waals surface area contributed by atoms with Crippen molar-refractivity contribution in [3.63, 3.8) is 0 Å². The van der Waals surface area contributed by atoms with Gasteiger partial charge in [0.15, 0.2) is 0 Å². The van der Waals surface area contributed by atoms with Crippen LogP contribution in [0, 0.1) is 0 Å². The van der Waals surface area contributed by atoms with Crippen LogP contribution in [0.5, 0.6) is 0 Å². The Kier molecular flexibility index (Phi) is 2.95. The third-order valence-electron chi connectivity index (χ3n) is 2.57. The van der Waals surface area contributed by atoms with Gasteiger partial charge in [0, 0.05) is 6.08 Å². The number of nitrogens with one attached hydrogen (secondary N) is 1. The molecule has 2 rings (SSSR count). The number of aliphatic carboxylic acids is 1. The second kappa shape index (κ2) is 4.41. The van der Waals surface area contributed by atoms with Crippen LogP contribution in [0.4, 0.5) is 0 Å². The van der Waals surface area contributed by atoms with Crippen LogP contribution in [-0.2, 0) is 4.79 Å². The van der Waals surface area contributed by atoms with Crippen molar-refractivity contribution in [3.05, 3.63) is 35.7 Å². The topological polar surface area (TPSA) is 66.0 Å². The first-order chi connectivity index (χ1) is 8.06. The molecule has 1 aromatic heterocycles. The molecule has 4 heteroatoms. The highest BCUT2D eigenvalue weighted by atomic mass is 16.4. The molecule has 0 aliphatic rings. The summed E-state index contributed by atoms with van der Waals surface area (Å²) in [5.74, 6) is 0.0392. The molecular weight excluding hydrogens is 216 g/mol. The largest absolute Gasteiger partial charge is 0.478 e. The average Bonchev–Trinajstić information content (AvgIpc) is 2.67. The number of fused-ring (bicyclic) bond motifs is 1. The molecule has 1 aromatic carbocycles. The first-order valence-corrected chi connectivity index (χ1v) is 5.47. The van der Waals surface area contributed by atoms with Crippen LogP contribution in [0.3, 0.4) is 0 Å². The molecule has 0 aliphatic carbocycles. The van der Waals surface area contributed by atoms with E-state index in [9.17, 15) is 4.79 Å². The van der Waals surface area contributed by atoms with E-state index >= 15 is 0 Å². The minimum Gasteiger partial charge on any atom is -0.478 e. The van der Waals surface area contributed by atoms with Gasteiger partial charge in [0.1, 0.15) is 5.82 Å². The van der Waals surface area contributed by atoms with Crippen LogP contribution in [0.25, 0.3) is 17.1 Å². The number of nitrogens with zero attached hydrogens (tertiary/aromatic N) is 1. The molecule has 0 amide bonds. The van der Waals surface area contributed by atoms with Gasteiger partial charge in [0.25, 0.3) is 0 Å². The standard InChI is InChI=1S/C13H14N2O2/c1-8(2)9-3-4-10-11(7-9)15-12(14-10)5-6-13(16)17/h3-8H,1-2H3,(H,14,15)(H,16,17)/b6-5+. The number of benzene rings is 1. The van der Waals surface area contributed by atoms with Gasteiger partial charge in [-0.2, -0.15) is 0 Å². The van der Waals surface area contributed by atoms with E-state index in [-0.39, 0.29) is 0 Å². The van der Waals surface area contributed by atoms with Gasteiger partial charge in [0.2, 0.25) is 0 Å². The van der Waals surface area contributed by atoms with Gasteiger partial charge in [-0.1, -0.05) is 19.9 Å². The second-order valence-electron chi connectivity index (χ2n) is 4.22. The van der Waals surface area contributed by atoms with Gasteiger partial charge < -0.3 is 10.1 Å². The van der Waals surface area contributed by atoms with Crippen molar-refractivity contribution in [2.24, 2.45) is 0 Å². The number of aromatic nitrogens is 2. The van der Waals surface area contributed by atoms with Crippen LogP contribution >= 0.6 is 0 Å². The van der Waals surface area contributed by atoms with Gasteiger partial charge in [-0.15, -0.1) is 0 Å². The first kappa shape index (κ1) is 11.4. The van der Waals surface area contributed by atoms with E-state index in [1.165, 1.54) is 11.6 Å². The fraction of sp³-hybridized carbons (Fsp3) is 0.231. The minimum atomic E-state index is -0.978. The molecule has 1 heterocycles. The SMILES string of the molecule is CC(C)c1ccc2nc(/C=C/C(=O)O)[nH]c2c1. The summed E-state index contributed by atoms with van der Waals surface area (Å²) in [6, 6.07) is 6.03. The Labute approximate surface area is 99.0 Å². The Balaban J connectivity index is 2.40. The minimum absolute atomic E-state index is 0.459. The van der Waals surface area contributed by atoms with Gasteiger partial charge in [-0.25, -0.2) is 9.78 Å². The van der Waals surface area contributed by atoms with Crippen LogP contribution in [0.15, 0.2) is 24.3 Å². The molecule has 0 bridgehead atoms. The summed E-state index contributed by atoms with van der Waals surface area (Å²) >= 11 is 0. The number of carboxylic acids is 1. The number of carbonyl (C=O) groups is 1. The zero-order valence-electron chi connectivity index (χ0n) is 9.77. The lowest BCUT2D eigenvalue weighted by Crippen LogP contribution is -1.86. The van der Waals surface area contributed by atoms with Crippen molar-refractivity contribution in [1.29, 1.82) is 0 Å². The number of rotatable bonds is 3. The molecule has 17 heavy (non-hydrogen) atoms. The third-order valence-corrected chi connectivity index (χ3v) is 2.57. The zero-order valence-corrected chi connectivity index (χ0v) is 9.77. The molecule has 0 aliphatic heterocycles. The Morgan fingerprint density at radius 2 is 2.24 bits per heavy atom. The normalized spacial score (nSPS) is 11.7. The lowest BCUT2D eigenvalue weighted by atomic mass is 10.0. The Morgan fingerprint density at radius 3 is 2.88 bits per heavy atom. The molecule has 4 nitrogen and oxygen atoms in total. The predicted octanol–water partition coefficient (Wildman–Crippen LogP) is 2.78. The van der Waals surface area contributed by atoms with Gasteiger partial charge >= 0.3 is 5.97 Å². The summed E-state index contributed by atoms with van der Waals surface area (Å²) in [7, 11) is 0.